The highest BCUT2D eigenvalue weighted by Crippen LogP contribution is 2.29. The Hall–Kier alpha value is -3.93. The minimum absolute atomic E-state index is 0.0180. The van der Waals surface area contributed by atoms with Crippen molar-refractivity contribution >= 4 is 23.2 Å². The minimum Gasteiger partial charge on any atom is -0.484 e. The second kappa shape index (κ2) is 8.21. The van der Waals surface area contributed by atoms with Gasteiger partial charge in [0.2, 0.25) is 0 Å². The van der Waals surface area contributed by atoms with Gasteiger partial charge in [-0.3, -0.25) is 14.0 Å². The summed E-state index contributed by atoms with van der Waals surface area (Å²) in [6.07, 6.45) is 1.89. The molecule has 1 amide bonds. The van der Waals surface area contributed by atoms with Crippen LogP contribution in [0.2, 0.25) is 0 Å². The molecule has 0 bridgehead atoms. The normalized spacial score (nSPS) is 10.7. The SMILES string of the molecule is CC(=O)c1ccc(OCC(=O)Nc2c(-c3ccccc3)nc3cc(C)ccn23)cc1. The summed E-state index contributed by atoms with van der Waals surface area (Å²) in [6, 6.07) is 20.4. The Labute approximate surface area is 174 Å². The topological polar surface area (TPSA) is 72.7 Å². The number of ether oxygens (including phenoxy) is 1. The average Bonchev–Trinajstić information content (AvgIpc) is 3.10. The van der Waals surface area contributed by atoms with E-state index in [1.165, 1.54) is 6.92 Å². The molecule has 150 valence electrons. The molecule has 0 fully saturated rings. The number of Topliss-reactive ketones (excluding diaryl/α,β-unsaturated/α-hetero) is 1. The van der Waals surface area contributed by atoms with Gasteiger partial charge in [0, 0.05) is 17.3 Å². The van der Waals surface area contributed by atoms with E-state index in [1.54, 1.807) is 24.3 Å². The van der Waals surface area contributed by atoms with Crippen molar-refractivity contribution < 1.29 is 14.3 Å². The number of benzene rings is 2. The van der Waals surface area contributed by atoms with Crippen LogP contribution in [0.1, 0.15) is 22.8 Å². The molecule has 1 N–H and O–H groups in total. The maximum atomic E-state index is 12.6. The van der Waals surface area contributed by atoms with Gasteiger partial charge in [0.25, 0.3) is 5.91 Å². The zero-order valence-corrected chi connectivity index (χ0v) is 16.8. The van der Waals surface area contributed by atoms with E-state index in [-0.39, 0.29) is 18.3 Å². The number of fused-ring (bicyclic) bond motifs is 1. The maximum Gasteiger partial charge on any atom is 0.263 e. The Balaban J connectivity index is 1.56. The van der Waals surface area contributed by atoms with Crippen molar-refractivity contribution in [2.75, 3.05) is 11.9 Å². The number of hydrogen-bond acceptors (Lipinski definition) is 4. The van der Waals surface area contributed by atoms with Crippen molar-refractivity contribution in [3.05, 3.63) is 84.1 Å². The van der Waals surface area contributed by atoms with Crippen LogP contribution in [0.15, 0.2) is 72.9 Å². The van der Waals surface area contributed by atoms with E-state index >= 15 is 0 Å². The highest BCUT2D eigenvalue weighted by Gasteiger charge is 2.17. The maximum absolute atomic E-state index is 12.6. The van der Waals surface area contributed by atoms with Gasteiger partial charge in [-0.1, -0.05) is 30.3 Å². The van der Waals surface area contributed by atoms with E-state index < -0.39 is 0 Å². The summed E-state index contributed by atoms with van der Waals surface area (Å²) in [4.78, 5) is 28.7. The van der Waals surface area contributed by atoms with Crippen LogP contribution in [0.3, 0.4) is 0 Å². The van der Waals surface area contributed by atoms with Crippen molar-refractivity contribution in [3.8, 4) is 17.0 Å². The van der Waals surface area contributed by atoms with Crippen molar-refractivity contribution in [2.24, 2.45) is 0 Å². The summed E-state index contributed by atoms with van der Waals surface area (Å²) < 4.78 is 7.43. The van der Waals surface area contributed by atoms with Crippen LogP contribution in [0.25, 0.3) is 16.9 Å². The first-order valence-electron chi connectivity index (χ1n) is 9.59. The second-order valence-corrected chi connectivity index (χ2v) is 7.02. The number of aromatic nitrogens is 2. The van der Waals surface area contributed by atoms with E-state index in [4.69, 9.17) is 9.72 Å². The Morgan fingerprint density at radius 3 is 2.47 bits per heavy atom. The summed E-state index contributed by atoms with van der Waals surface area (Å²) in [5.74, 6) is 0.796. The molecule has 2 aromatic heterocycles. The van der Waals surface area contributed by atoms with Crippen LogP contribution in [-0.2, 0) is 4.79 Å². The molecule has 6 nitrogen and oxygen atoms in total. The molecule has 30 heavy (non-hydrogen) atoms. The molecule has 0 aliphatic heterocycles. The van der Waals surface area contributed by atoms with Gasteiger partial charge in [-0.25, -0.2) is 4.98 Å². The molecule has 4 aromatic rings. The molecule has 0 radical (unpaired) electrons. The molecule has 2 heterocycles. The molecule has 0 aliphatic carbocycles. The predicted octanol–water partition coefficient (Wildman–Crippen LogP) is 4.53. The van der Waals surface area contributed by atoms with Crippen LogP contribution in [0.5, 0.6) is 5.75 Å². The van der Waals surface area contributed by atoms with Crippen LogP contribution in [0, 0.1) is 6.92 Å². The van der Waals surface area contributed by atoms with Gasteiger partial charge >= 0.3 is 0 Å². The summed E-state index contributed by atoms with van der Waals surface area (Å²) in [7, 11) is 0. The third kappa shape index (κ3) is 4.07. The van der Waals surface area contributed by atoms with E-state index in [9.17, 15) is 9.59 Å². The molecule has 6 heteroatoms. The highest BCUT2D eigenvalue weighted by atomic mass is 16.5. The number of ketones is 1. The second-order valence-electron chi connectivity index (χ2n) is 7.02. The first kappa shape index (κ1) is 19.4. The molecular formula is C24H21N3O3. The molecular weight excluding hydrogens is 378 g/mol. The number of nitrogens with one attached hydrogen (secondary N) is 1. The zero-order chi connectivity index (χ0) is 21.1. The molecule has 0 aliphatic rings. The summed E-state index contributed by atoms with van der Waals surface area (Å²) in [5, 5.41) is 2.93. The molecule has 0 saturated carbocycles. The number of hydrogen-bond donors (Lipinski definition) is 1. The Morgan fingerprint density at radius 1 is 1.03 bits per heavy atom. The van der Waals surface area contributed by atoms with Gasteiger partial charge in [0.1, 0.15) is 22.9 Å². The lowest BCUT2D eigenvalue weighted by molar-refractivity contribution is -0.118. The zero-order valence-electron chi connectivity index (χ0n) is 16.8. The molecule has 0 spiro atoms. The van der Waals surface area contributed by atoms with Gasteiger partial charge < -0.3 is 10.1 Å². The van der Waals surface area contributed by atoms with Gasteiger partial charge in [0.15, 0.2) is 12.4 Å². The molecule has 4 rings (SSSR count). The van der Waals surface area contributed by atoms with E-state index in [0.29, 0.717) is 22.8 Å². The largest absolute Gasteiger partial charge is 0.484 e. The van der Waals surface area contributed by atoms with Crippen molar-refractivity contribution in [1.29, 1.82) is 0 Å². The fraction of sp³-hybridized carbons (Fsp3) is 0.125. The monoisotopic (exact) mass is 399 g/mol. The number of rotatable bonds is 6. The third-order valence-corrected chi connectivity index (χ3v) is 4.72. The number of carbonyl (C=O) groups excluding carboxylic acids is 2. The lowest BCUT2D eigenvalue weighted by Gasteiger charge is -2.10. The first-order valence-corrected chi connectivity index (χ1v) is 9.59. The summed E-state index contributed by atoms with van der Waals surface area (Å²) in [6.45, 7) is 3.35. The van der Waals surface area contributed by atoms with Gasteiger partial charge in [-0.2, -0.15) is 0 Å². The number of imidazole rings is 1. The lowest BCUT2D eigenvalue weighted by Crippen LogP contribution is -2.21. The molecule has 2 aromatic carbocycles. The fourth-order valence-corrected chi connectivity index (χ4v) is 3.17. The number of carbonyl (C=O) groups is 2. The van der Waals surface area contributed by atoms with Gasteiger partial charge in [-0.05, 0) is 55.8 Å². The quantitative estimate of drug-likeness (QED) is 0.484. The van der Waals surface area contributed by atoms with Gasteiger partial charge in [-0.15, -0.1) is 0 Å². The number of nitrogens with zero attached hydrogens (tertiary/aromatic N) is 2. The van der Waals surface area contributed by atoms with Crippen LogP contribution >= 0.6 is 0 Å². The van der Waals surface area contributed by atoms with Crippen molar-refractivity contribution in [2.45, 2.75) is 13.8 Å². The predicted molar refractivity (Wildman–Crippen MR) is 116 cm³/mol. The van der Waals surface area contributed by atoms with Crippen molar-refractivity contribution in [3.63, 3.8) is 0 Å². The molecule has 0 saturated heterocycles. The van der Waals surface area contributed by atoms with E-state index in [2.05, 4.69) is 5.32 Å². The van der Waals surface area contributed by atoms with E-state index in [0.717, 1.165) is 16.8 Å². The standard InChI is InChI=1S/C24H21N3O3/c1-16-12-13-27-21(14-16)25-23(19-6-4-3-5-7-19)24(27)26-22(29)15-30-20-10-8-18(9-11-20)17(2)28/h3-14H,15H2,1-2H3,(H,26,29). The summed E-state index contributed by atoms with van der Waals surface area (Å²) >= 11 is 0. The van der Waals surface area contributed by atoms with Crippen LogP contribution < -0.4 is 10.1 Å². The fourth-order valence-electron chi connectivity index (χ4n) is 3.17. The minimum atomic E-state index is -0.301. The van der Waals surface area contributed by atoms with E-state index in [1.807, 2.05) is 60.0 Å². The summed E-state index contributed by atoms with van der Waals surface area (Å²) in [5.41, 5.74) is 4.04. The first-order chi connectivity index (χ1) is 14.5. The number of amides is 1. The molecule has 0 atom stereocenters. The highest BCUT2D eigenvalue weighted by molar-refractivity contribution is 5.96. The molecule has 0 unspecified atom stereocenters. The Morgan fingerprint density at radius 2 is 1.77 bits per heavy atom. The Bertz CT molecular complexity index is 1210. The number of aryl methyl sites for hydroxylation is 1. The number of pyridine rings is 1. The van der Waals surface area contributed by atoms with Crippen molar-refractivity contribution in [1.82, 2.24) is 9.38 Å². The Kier molecular flexibility index (Phi) is 5.30. The smallest absolute Gasteiger partial charge is 0.263 e. The number of anilines is 1. The van der Waals surface area contributed by atoms with Crippen LogP contribution in [0.4, 0.5) is 5.82 Å². The average molecular weight is 399 g/mol. The lowest BCUT2D eigenvalue weighted by atomic mass is 10.1. The van der Waals surface area contributed by atoms with Crippen LogP contribution in [-0.4, -0.2) is 27.7 Å². The van der Waals surface area contributed by atoms with Gasteiger partial charge in [0.05, 0.1) is 0 Å². The third-order valence-electron chi connectivity index (χ3n) is 4.72.